The second kappa shape index (κ2) is 4.11. The summed E-state index contributed by atoms with van der Waals surface area (Å²) in [7, 11) is 0. The normalized spacial score (nSPS) is 11.3. The van der Waals surface area contributed by atoms with E-state index in [1.165, 1.54) is 5.56 Å². The lowest BCUT2D eigenvalue weighted by Gasteiger charge is -2.11. The molecular formula is C12H11BrClN. The zero-order chi connectivity index (χ0) is 11.0. The number of hydrogen-bond acceptors (Lipinski definition) is 1. The first kappa shape index (κ1) is 10.9. The standard InChI is InChI=1S/C12H11BrClN/c1-7(2)12-9-4-3-8(13)5-11(9)15-6-10(12)14/h3-7H,1-2H3. The zero-order valence-corrected chi connectivity index (χ0v) is 10.9. The molecule has 0 spiro atoms. The van der Waals surface area contributed by atoms with Gasteiger partial charge in [-0.15, -0.1) is 0 Å². The van der Waals surface area contributed by atoms with Crippen LogP contribution in [0.1, 0.15) is 25.3 Å². The molecule has 0 atom stereocenters. The number of aromatic nitrogens is 1. The Hall–Kier alpha value is -0.600. The second-order valence-electron chi connectivity index (χ2n) is 3.84. The van der Waals surface area contributed by atoms with E-state index in [1.807, 2.05) is 12.1 Å². The van der Waals surface area contributed by atoms with E-state index in [9.17, 15) is 0 Å². The quantitative estimate of drug-likeness (QED) is 0.735. The van der Waals surface area contributed by atoms with Gasteiger partial charge in [0.1, 0.15) is 0 Å². The van der Waals surface area contributed by atoms with Gasteiger partial charge in [0.15, 0.2) is 0 Å². The van der Waals surface area contributed by atoms with Gasteiger partial charge in [0.05, 0.1) is 10.5 Å². The van der Waals surface area contributed by atoms with E-state index >= 15 is 0 Å². The summed E-state index contributed by atoms with van der Waals surface area (Å²) in [6, 6.07) is 6.09. The van der Waals surface area contributed by atoms with Crippen molar-refractivity contribution in [1.82, 2.24) is 4.98 Å². The first-order valence-electron chi connectivity index (χ1n) is 4.83. The molecule has 78 valence electrons. The highest BCUT2D eigenvalue weighted by molar-refractivity contribution is 9.10. The van der Waals surface area contributed by atoms with Gasteiger partial charge >= 0.3 is 0 Å². The molecule has 2 aromatic rings. The smallest absolute Gasteiger partial charge is 0.0717 e. The maximum absolute atomic E-state index is 6.16. The van der Waals surface area contributed by atoms with Crippen LogP contribution in [0.2, 0.25) is 5.02 Å². The molecule has 0 aliphatic carbocycles. The number of hydrogen-bond donors (Lipinski definition) is 0. The van der Waals surface area contributed by atoms with Gasteiger partial charge in [-0.05, 0) is 23.6 Å². The van der Waals surface area contributed by atoms with Crippen LogP contribution in [0, 0.1) is 0 Å². The van der Waals surface area contributed by atoms with Crippen molar-refractivity contribution in [3.8, 4) is 0 Å². The Labute approximate surface area is 103 Å². The number of rotatable bonds is 1. The average molecular weight is 285 g/mol. The fourth-order valence-corrected chi connectivity index (χ4v) is 2.47. The fraction of sp³-hybridized carbons (Fsp3) is 0.250. The summed E-state index contributed by atoms with van der Waals surface area (Å²) in [5.41, 5.74) is 2.16. The van der Waals surface area contributed by atoms with E-state index in [1.54, 1.807) is 6.20 Å². The van der Waals surface area contributed by atoms with E-state index in [-0.39, 0.29) is 0 Å². The molecule has 0 amide bonds. The van der Waals surface area contributed by atoms with Crippen LogP contribution in [-0.4, -0.2) is 4.98 Å². The Kier molecular flexibility index (Phi) is 2.98. The van der Waals surface area contributed by atoms with Gasteiger partial charge in [0.2, 0.25) is 0 Å². The maximum Gasteiger partial charge on any atom is 0.0717 e. The molecule has 1 heterocycles. The van der Waals surface area contributed by atoms with Crippen molar-refractivity contribution in [3.63, 3.8) is 0 Å². The molecule has 1 aromatic heterocycles. The zero-order valence-electron chi connectivity index (χ0n) is 8.59. The molecule has 1 aromatic carbocycles. The molecule has 0 saturated carbocycles. The minimum absolute atomic E-state index is 0.407. The third-order valence-electron chi connectivity index (χ3n) is 2.40. The highest BCUT2D eigenvalue weighted by Crippen LogP contribution is 2.31. The van der Waals surface area contributed by atoms with Gasteiger partial charge in [0.25, 0.3) is 0 Å². The fourth-order valence-electron chi connectivity index (χ4n) is 1.75. The van der Waals surface area contributed by atoms with Gasteiger partial charge in [-0.1, -0.05) is 47.4 Å². The van der Waals surface area contributed by atoms with Crippen LogP contribution in [0.5, 0.6) is 0 Å². The van der Waals surface area contributed by atoms with E-state index in [2.05, 4.69) is 40.8 Å². The van der Waals surface area contributed by atoms with Gasteiger partial charge in [-0.25, -0.2) is 0 Å². The van der Waals surface area contributed by atoms with Gasteiger partial charge in [0, 0.05) is 16.1 Å². The molecule has 0 radical (unpaired) electrons. The van der Waals surface area contributed by atoms with Crippen LogP contribution in [0.15, 0.2) is 28.9 Å². The molecule has 15 heavy (non-hydrogen) atoms. The van der Waals surface area contributed by atoms with Crippen molar-refractivity contribution in [3.05, 3.63) is 39.5 Å². The lowest BCUT2D eigenvalue weighted by Crippen LogP contribution is -1.93. The summed E-state index contributed by atoms with van der Waals surface area (Å²) in [5, 5.41) is 1.89. The monoisotopic (exact) mass is 283 g/mol. The first-order valence-corrected chi connectivity index (χ1v) is 6.00. The summed E-state index contributed by atoms with van der Waals surface area (Å²) in [5.74, 6) is 0.407. The summed E-state index contributed by atoms with van der Waals surface area (Å²) >= 11 is 9.60. The van der Waals surface area contributed by atoms with E-state index in [4.69, 9.17) is 11.6 Å². The van der Waals surface area contributed by atoms with Gasteiger partial charge < -0.3 is 0 Å². The van der Waals surface area contributed by atoms with Crippen LogP contribution in [0.25, 0.3) is 10.9 Å². The highest BCUT2D eigenvalue weighted by atomic mass is 79.9. The molecule has 0 N–H and O–H groups in total. The average Bonchev–Trinajstić information content (AvgIpc) is 2.17. The van der Waals surface area contributed by atoms with E-state index in [0.717, 1.165) is 20.4 Å². The van der Waals surface area contributed by atoms with Crippen molar-refractivity contribution in [2.75, 3.05) is 0 Å². The number of nitrogens with zero attached hydrogens (tertiary/aromatic N) is 1. The largest absolute Gasteiger partial charge is 0.255 e. The van der Waals surface area contributed by atoms with Crippen LogP contribution >= 0.6 is 27.5 Å². The third-order valence-corrected chi connectivity index (χ3v) is 3.20. The number of halogens is 2. The summed E-state index contributed by atoms with van der Waals surface area (Å²) < 4.78 is 1.04. The minimum atomic E-state index is 0.407. The Bertz CT molecular complexity index is 508. The third kappa shape index (κ3) is 2.01. The topological polar surface area (TPSA) is 12.9 Å². The Morgan fingerprint density at radius 3 is 2.73 bits per heavy atom. The molecule has 1 nitrogen and oxygen atoms in total. The van der Waals surface area contributed by atoms with Crippen LogP contribution in [-0.2, 0) is 0 Å². The molecule has 0 aliphatic rings. The van der Waals surface area contributed by atoms with Crippen LogP contribution in [0.3, 0.4) is 0 Å². The summed E-state index contributed by atoms with van der Waals surface area (Å²) in [6.07, 6.45) is 1.73. The summed E-state index contributed by atoms with van der Waals surface area (Å²) in [4.78, 5) is 4.32. The lowest BCUT2D eigenvalue weighted by molar-refractivity contribution is 0.874. The second-order valence-corrected chi connectivity index (χ2v) is 5.16. The number of fused-ring (bicyclic) bond motifs is 1. The minimum Gasteiger partial charge on any atom is -0.255 e. The molecule has 0 unspecified atom stereocenters. The van der Waals surface area contributed by atoms with Crippen molar-refractivity contribution in [2.24, 2.45) is 0 Å². The van der Waals surface area contributed by atoms with Crippen molar-refractivity contribution in [2.45, 2.75) is 19.8 Å². The molecule has 2 rings (SSSR count). The SMILES string of the molecule is CC(C)c1c(Cl)cnc2cc(Br)ccc12. The highest BCUT2D eigenvalue weighted by Gasteiger charge is 2.10. The van der Waals surface area contributed by atoms with Crippen molar-refractivity contribution < 1.29 is 0 Å². The number of pyridine rings is 1. The molecule has 0 fully saturated rings. The van der Waals surface area contributed by atoms with Crippen molar-refractivity contribution in [1.29, 1.82) is 0 Å². The van der Waals surface area contributed by atoms with Crippen molar-refractivity contribution >= 4 is 38.4 Å². The first-order chi connectivity index (χ1) is 7.09. The molecule has 3 heteroatoms. The maximum atomic E-state index is 6.16. The van der Waals surface area contributed by atoms with E-state index < -0.39 is 0 Å². The molecule has 0 aliphatic heterocycles. The molecular weight excluding hydrogens is 273 g/mol. The Morgan fingerprint density at radius 2 is 2.07 bits per heavy atom. The predicted molar refractivity (Wildman–Crippen MR) is 68.5 cm³/mol. The molecule has 0 saturated heterocycles. The van der Waals surface area contributed by atoms with Crippen LogP contribution < -0.4 is 0 Å². The van der Waals surface area contributed by atoms with E-state index in [0.29, 0.717) is 5.92 Å². The lowest BCUT2D eigenvalue weighted by atomic mass is 9.99. The van der Waals surface area contributed by atoms with Gasteiger partial charge in [-0.3, -0.25) is 4.98 Å². The Morgan fingerprint density at radius 1 is 1.33 bits per heavy atom. The Balaban J connectivity index is 2.82. The van der Waals surface area contributed by atoms with Crippen LogP contribution in [0.4, 0.5) is 0 Å². The number of benzene rings is 1. The molecule has 0 bridgehead atoms. The predicted octanol–water partition coefficient (Wildman–Crippen LogP) is 4.77. The van der Waals surface area contributed by atoms with Gasteiger partial charge in [-0.2, -0.15) is 0 Å². The summed E-state index contributed by atoms with van der Waals surface area (Å²) in [6.45, 7) is 4.28.